The molecule has 4 rings (SSSR count). The van der Waals surface area contributed by atoms with Gasteiger partial charge in [-0.15, -0.1) is 0 Å². The van der Waals surface area contributed by atoms with E-state index in [-0.39, 0.29) is 17.7 Å². The number of hydrogen-bond acceptors (Lipinski definition) is 4. The van der Waals surface area contributed by atoms with E-state index in [0.29, 0.717) is 6.54 Å². The zero-order valence-corrected chi connectivity index (χ0v) is 19.4. The molecule has 170 valence electrons. The molecular formula is C25H31ClN4O2. The molecule has 1 N–H and O–H groups in total. The van der Waals surface area contributed by atoms with Crippen molar-refractivity contribution in [2.45, 2.75) is 19.8 Å². The fourth-order valence-corrected chi connectivity index (χ4v) is 4.77. The lowest BCUT2D eigenvalue weighted by Crippen LogP contribution is -2.52. The average Bonchev–Trinajstić information content (AvgIpc) is 2.81. The lowest BCUT2D eigenvalue weighted by atomic mass is 9.95. The Morgan fingerprint density at radius 2 is 1.59 bits per heavy atom. The van der Waals surface area contributed by atoms with Crippen LogP contribution >= 0.6 is 11.6 Å². The van der Waals surface area contributed by atoms with Gasteiger partial charge in [-0.05, 0) is 57.1 Å². The summed E-state index contributed by atoms with van der Waals surface area (Å²) in [6.45, 7) is 6.99. The normalized spacial score (nSPS) is 17.9. The SMILES string of the molecule is Cc1ccc(NC(=O)CN2CCC(C(=O)N3CCN(c4ccccc4Cl)CC3)CC2)cc1. The Morgan fingerprint density at radius 3 is 2.25 bits per heavy atom. The zero-order chi connectivity index (χ0) is 22.5. The minimum atomic E-state index is -0.00526. The molecule has 0 bridgehead atoms. The number of likely N-dealkylation sites (tertiary alicyclic amines) is 1. The Balaban J connectivity index is 1.20. The van der Waals surface area contributed by atoms with Gasteiger partial charge in [-0.2, -0.15) is 0 Å². The molecule has 0 atom stereocenters. The number of hydrogen-bond donors (Lipinski definition) is 1. The second kappa shape index (κ2) is 10.4. The minimum Gasteiger partial charge on any atom is -0.367 e. The molecule has 0 spiro atoms. The first kappa shape index (κ1) is 22.6. The summed E-state index contributed by atoms with van der Waals surface area (Å²) in [5, 5.41) is 3.71. The van der Waals surface area contributed by atoms with E-state index in [1.807, 2.05) is 60.4 Å². The van der Waals surface area contributed by atoms with E-state index in [1.54, 1.807) is 0 Å². The lowest BCUT2D eigenvalue weighted by Gasteiger charge is -2.39. The van der Waals surface area contributed by atoms with E-state index < -0.39 is 0 Å². The van der Waals surface area contributed by atoms with Crippen LogP contribution < -0.4 is 10.2 Å². The number of benzene rings is 2. The van der Waals surface area contributed by atoms with Gasteiger partial charge in [0.15, 0.2) is 0 Å². The number of carbonyl (C=O) groups is 2. The van der Waals surface area contributed by atoms with Gasteiger partial charge < -0.3 is 15.1 Å². The van der Waals surface area contributed by atoms with Crippen molar-refractivity contribution in [1.82, 2.24) is 9.80 Å². The summed E-state index contributed by atoms with van der Waals surface area (Å²) in [5.74, 6) is 0.306. The first-order chi connectivity index (χ1) is 15.5. The minimum absolute atomic E-state index is 0.00526. The molecule has 0 unspecified atom stereocenters. The Hall–Kier alpha value is -2.57. The Labute approximate surface area is 195 Å². The summed E-state index contributed by atoms with van der Waals surface area (Å²) in [6.07, 6.45) is 1.61. The van der Waals surface area contributed by atoms with Crippen LogP contribution in [-0.4, -0.2) is 67.4 Å². The average molecular weight is 455 g/mol. The molecule has 0 aromatic heterocycles. The molecule has 0 radical (unpaired) electrons. The molecule has 0 aliphatic carbocycles. The van der Waals surface area contributed by atoms with Crippen LogP contribution in [0.25, 0.3) is 0 Å². The molecule has 2 aliphatic heterocycles. The van der Waals surface area contributed by atoms with Crippen molar-refractivity contribution < 1.29 is 9.59 Å². The van der Waals surface area contributed by atoms with Crippen molar-refractivity contribution in [3.8, 4) is 0 Å². The molecule has 2 fully saturated rings. The highest BCUT2D eigenvalue weighted by molar-refractivity contribution is 6.33. The van der Waals surface area contributed by atoms with Gasteiger partial charge in [-0.3, -0.25) is 14.5 Å². The summed E-state index contributed by atoms with van der Waals surface area (Å²) in [6, 6.07) is 15.7. The highest BCUT2D eigenvalue weighted by Gasteiger charge is 2.31. The van der Waals surface area contributed by atoms with Crippen LogP contribution in [0.15, 0.2) is 48.5 Å². The van der Waals surface area contributed by atoms with Crippen molar-refractivity contribution in [2.75, 3.05) is 56.0 Å². The second-order valence-electron chi connectivity index (χ2n) is 8.73. The number of nitrogens with zero attached hydrogens (tertiary/aromatic N) is 3. The fraction of sp³-hybridized carbons (Fsp3) is 0.440. The first-order valence-corrected chi connectivity index (χ1v) is 11.7. The van der Waals surface area contributed by atoms with Crippen LogP contribution in [-0.2, 0) is 9.59 Å². The summed E-state index contributed by atoms with van der Waals surface area (Å²) in [7, 11) is 0. The largest absolute Gasteiger partial charge is 0.367 e. The maximum atomic E-state index is 13.0. The van der Waals surface area contributed by atoms with Crippen molar-refractivity contribution in [3.05, 3.63) is 59.1 Å². The molecule has 2 aliphatic rings. The predicted molar refractivity (Wildman–Crippen MR) is 129 cm³/mol. The number of anilines is 2. The van der Waals surface area contributed by atoms with Crippen molar-refractivity contribution in [2.24, 2.45) is 5.92 Å². The van der Waals surface area contributed by atoms with Gasteiger partial charge in [0.25, 0.3) is 0 Å². The topological polar surface area (TPSA) is 55.9 Å². The number of halogens is 1. The molecule has 2 aromatic carbocycles. The third kappa shape index (κ3) is 5.61. The monoisotopic (exact) mass is 454 g/mol. The van der Waals surface area contributed by atoms with Crippen LogP contribution in [0.5, 0.6) is 0 Å². The van der Waals surface area contributed by atoms with E-state index in [2.05, 4.69) is 15.1 Å². The van der Waals surface area contributed by atoms with Crippen LogP contribution in [0.4, 0.5) is 11.4 Å². The predicted octanol–water partition coefficient (Wildman–Crippen LogP) is 3.65. The summed E-state index contributed by atoms with van der Waals surface area (Å²) >= 11 is 6.32. The Kier molecular flexibility index (Phi) is 7.33. The number of amides is 2. The lowest BCUT2D eigenvalue weighted by molar-refractivity contribution is -0.137. The number of aryl methyl sites for hydroxylation is 1. The van der Waals surface area contributed by atoms with Crippen LogP contribution in [0.1, 0.15) is 18.4 Å². The van der Waals surface area contributed by atoms with Gasteiger partial charge in [0.05, 0.1) is 17.3 Å². The van der Waals surface area contributed by atoms with E-state index in [4.69, 9.17) is 11.6 Å². The van der Waals surface area contributed by atoms with E-state index >= 15 is 0 Å². The van der Waals surface area contributed by atoms with E-state index in [0.717, 1.165) is 68.5 Å². The van der Waals surface area contributed by atoms with Gasteiger partial charge in [-0.1, -0.05) is 41.4 Å². The van der Waals surface area contributed by atoms with Crippen molar-refractivity contribution in [1.29, 1.82) is 0 Å². The molecule has 2 amide bonds. The van der Waals surface area contributed by atoms with Gasteiger partial charge in [-0.25, -0.2) is 0 Å². The summed E-state index contributed by atoms with van der Waals surface area (Å²) < 4.78 is 0. The molecule has 2 heterocycles. The molecule has 7 heteroatoms. The van der Waals surface area contributed by atoms with Crippen molar-refractivity contribution in [3.63, 3.8) is 0 Å². The Morgan fingerprint density at radius 1 is 0.938 bits per heavy atom. The van der Waals surface area contributed by atoms with Crippen LogP contribution in [0, 0.1) is 12.8 Å². The standard InChI is InChI=1S/C25H31ClN4O2/c1-19-6-8-21(9-7-19)27-24(31)18-28-12-10-20(11-13-28)25(32)30-16-14-29(15-17-30)23-5-3-2-4-22(23)26/h2-9,20H,10-18H2,1H3,(H,27,31). The first-order valence-electron chi connectivity index (χ1n) is 11.4. The number of carbonyl (C=O) groups excluding carboxylic acids is 2. The summed E-state index contributed by atoms with van der Waals surface area (Å²) in [4.78, 5) is 31.8. The third-order valence-corrected chi connectivity index (χ3v) is 6.74. The number of para-hydroxylation sites is 1. The maximum Gasteiger partial charge on any atom is 0.238 e. The van der Waals surface area contributed by atoms with Gasteiger partial charge in [0.1, 0.15) is 0 Å². The van der Waals surface area contributed by atoms with Crippen LogP contribution in [0.2, 0.25) is 5.02 Å². The fourth-order valence-electron chi connectivity index (χ4n) is 4.51. The zero-order valence-electron chi connectivity index (χ0n) is 18.6. The molecule has 2 saturated heterocycles. The highest BCUT2D eigenvalue weighted by atomic mass is 35.5. The summed E-state index contributed by atoms with van der Waals surface area (Å²) in [5.41, 5.74) is 3.03. The molecule has 6 nitrogen and oxygen atoms in total. The van der Waals surface area contributed by atoms with Gasteiger partial charge >= 0.3 is 0 Å². The Bertz CT molecular complexity index is 933. The number of piperazine rings is 1. The molecular weight excluding hydrogens is 424 g/mol. The third-order valence-electron chi connectivity index (χ3n) is 6.42. The van der Waals surface area contributed by atoms with Crippen LogP contribution in [0.3, 0.4) is 0 Å². The molecule has 0 saturated carbocycles. The molecule has 32 heavy (non-hydrogen) atoms. The quantitative estimate of drug-likeness (QED) is 0.749. The number of rotatable bonds is 5. The highest BCUT2D eigenvalue weighted by Crippen LogP contribution is 2.27. The van der Waals surface area contributed by atoms with Gasteiger partial charge in [0.2, 0.25) is 11.8 Å². The smallest absolute Gasteiger partial charge is 0.238 e. The molecule has 2 aromatic rings. The van der Waals surface area contributed by atoms with E-state index in [9.17, 15) is 9.59 Å². The number of piperidine rings is 1. The maximum absolute atomic E-state index is 13.0. The van der Waals surface area contributed by atoms with Gasteiger partial charge in [0, 0.05) is 37.8 Å². The van der Waals surface area contributed by atoms with E-state index in [1.165, 1.54) is 5.56 Å². The number of nitrogens with one attached hydrogen (secondary N) is 1. The van der Waals surface area contributed by atoms with Crippen molar-refractivity contribution >= 4 is 34.8 Å². The second-order valence-corrected chi connectivity index (χ2v) is 9.14.